The van der Waals surface area contributed by atoms with E-state index in [1.165, 1.54) is 12.4 Å². The molecule has 108 valence electrons. The van der Waals surface area contributed by atoms with Crippen LogP contribution in [0.5, 0.6) is 0 Å². The van der Waals surface area contributed by atoms with E-state index < -0.39 is 0 Å². The minimum absolute atomic E-state index is 0.210. The Balaban J connectivity index is 1.92. The molecule has 1 fully saturated rings. The van der Waals surface area contributed by atoms with E-state index >= 15 is 0 Å². The maximum Gasteiger partial charge on any atom is 0.409 e. The van der Waals surface area contributed by atoms with Gasteiger partial charge in [0, 0.05) is 26.2 Å². The van der Waals surface area contributed by atoms with Crippen LogP contribution in [0.4, 0.5) is 4.79 Å². The van der Waals surface area contributed by atoms with Crippen molar-refractivity contribution in [3.63, 3.8) is 0 Å². The fourth-order valence-corrected chi connectivity index (χ4v) is 1.99. The molecule has 7 nitrogen and oxygen atoms in total. The van der Waals surface area contributed by atoms with Gasteiger partial charge in [-0.2, -0.15) is 0 Å². The van der Waals surface area contributed by atoms with Crippen LogP contribution in [-0.2, 0) is 4.74 Å². The first kappa shape index (κ1) is 14.5. The molecule has 0 spiro atoms. The van der Waals surface area contributed by atoms with Crippen LogP contribution in [0.3, 0.4) is 0 Å². The highest BCUT2D eigenvalue weighted by molar-refractivity contribution is 6.29. The quantitative estimate of drug-likeness (QED) is 0.815. The summed E-state index contributed by atoms with van der Waals surface area (Å²) in [6.07, 6.45) is 2.34. The Morgan fingerprint density at radius 3 is 2.40 bits per heavy atom. The maximum absolute atomic E-state index is 12.2. The first-order valence-electron chi connectivity index (χ1n) is 6.30. The number of halogens is 1. The van der Waals surface area contributed by atoms with E-state index in [1.807, 2.05) is 0 Å². The minimum atomic E-state index is -0.342. The van der Waals surface area contributed by atoms with Gasteiger partial charge in [-0.15, -0.1) is 0 Å². The zero-order valence-corrected chi connectivity index (χ0v) is 11.8. The molecular formula is C12H15ClN4O3. The normalized spacial score (nSPS) is 15.1. The molecule has 0 saturated carbocycles. The Morgan fingerprint density at radius 1 is 1.20 bits per heavy atom. The molecule has 20 heavy (non-hydrogen) atoms. The number of nitrogens with zero attached hydrogens (tertiary/aromatic N) is 4. The summed E-state index contributed by atoms with van der Waals surface area (Å²) >= 11 is 5.63. The summed E-state index contributed by atoms with van der Waals surface area (Å²) in [5, 5.41) is 0.244. The lowest BCUT2D eigenvalue weighted by Crippen LogP contribution is -2.50. The molecule has 0 atom stereocenters. The molecule has 1 aromatic heterocycles. The largest absolute Gasteiger partial charge is 0.450 e. The van der Waals surface area contributed by atoms with E-state index in [9.17, 15) is 9.59 Å². The molecule has 8 heteroatoms. The van der Waals surface area contributed by atoms with Gasteiger partial charge in [0.25, 0.3) is 5.91 Å². The summed E-state index contributed by atoms with van der Waals surface area (Å²) < 4.78 is 4.92. The second kappa shape index (κ2) is 6.51. The third-order valence-electron chi connectivity index (χ3n) is 2.93. The van der Waals surface area contributed by atoms with Crippen LogP contribution < -0.4 is 0 Å². The van der Waals surface area contributed by atoms with Crippen LogP contribution >= 0.6 is 11.6 Å². The van der Waals surface area contributed by atoms with Crippen molar-refractivity contribution in [3.05, 3.63) is 23.2 Å². The predicted molar refractivity (Wildman–Crippen MR) is 71.5 cm³/mol. The highest BCUT2D eigenvalue weighted by Gasteiger charge is 2.26. The van der Waals surface area contributed by atoms with Crippen molar-refractivity contribution in [3.8, 4) is 0 Å². The summed E-state index contributed by atoms with van der Waals surface area (Å²) in [7, 11) is 0. The SMILES string of the molecule is CCOC(=O)N1CCN(C(=O)c2cnc(Cl)cn2)CC1. The van der Waals surface area contributed by atoms with Crippen LogP contribution in [0, 0.1) is 0 Å². The average molecular weight is 299 g/mol. The number of carbonyl (C=O) groups excluding carboxylic acids is 2. The molecule has 1 aromatic rings. The van der Waals surface area contributed by atoms with E-state index in [0.29, 0.717) is 32.8 Å². The highest BCUT2D eigenvalue weighted by Crippen LogP contribution is 2.09. The monoisotopic (exact) mass is 298 g/mol. The van der Waals surface area contributed by atoms with Crippen molar-refractivity contribution in [2.45, 2.75) is 6.92 Å². The number of ether oxygens (including phenoxy) is 1. The molecule has 0 bridgehead atoms. The number of rotatable bonds is 2. The minimum Gasteiger partial charge on any atom is -0.450 e. The maximum atomic E-state index is 12.2. The molecule has 0 aromatic carbocycles. The first-order valence-corrected chi connectivity index (χ1v) is 6.68. The summed E-state index contributed by atoms with van der Waals surface area (Å²) in [5.74, 6) is -0.210. The number of piperazine rings is 1. The third kappa shape index (κ3) is 3.36. The van der Waals surface area contributed by atoms with Gasteiger partial charge >= 0.3 is 6.09 Å². The first-order chi connectivity index (χ1) is 9.61. The summed E-state index contributed by atoms with van der Waals surface area (Å²) in [5.41, 5.74) is 0.249. The van der Waals surface area contributed by atoms with Crippen LogP contribution in [0.25, 0.3) is 0 Å². The number of carbonyl (C=O) groups is 2. The predicted octanol–water partition coefficient (Wildman–Crippen LogP) is 1.04. The molecule has 2 heterocycles. The van der Waals surface area contributed by atoms with E-state index in [1.54, 1.807) is 16.7 Å². The van der Waals surface area contributed by atoms with Gasteiger partial charge in [0.2, 0.25) is 0 Å². The van der Waals surface area contributed by atoms with E-state index in [2.05, 4.69) is 9.97 Å². The smallest absolute Gasteiger partial charge is 0.409 e. The van der Waals surface area contributed by atoms with E-state index in [-0.39, 0.29) is 22.8 Å². The zero-order chi connectivity index (χ0) is 14.5. The van der Waals surface area contributed by atoms with Gasteiger partial charge < -0.3 is 14.5 Å². The zero-order valence-electron chi connectivity index (χ0n) is 11.1. The second-order valence-corrected chi connectivity index (χ2v) is 4.59. The number of hydrogen-bond donors (Lipinski definition) is 0. The molecule has 0 unspecified atom stereocenters. The molecule has 0 radical (unpaired) electrons. The van der Waals surface area contributed by atoms with Gasteiger partial charge in [-0.05, 0) is 6.92 Å². The van der Waals surface area contributed by atoms with Crippen molar-refractivity contribution in [1.82, 2.24) is 19.8 Å². The van der Waals surface area contributed by atoms with Crippen LogP contribution in [0.15, 0.2) is 12.4 Å². The number of aromatic nitrogens is 2. The molecule has 1 aliphatic heterocycles. The third-order valence-corrected chi connectivity index (χ3v) is 3.13. The van der Waals surface area contributed by atoms with Gasteiger partial charge in [-0.3, -0.25) is 4.79 Å². The topological polar surface area (TPSA) is 75.6 Å². The molecule has 2 amide bonds. The number of hydrogen-bond acceptors (Lipinski definition) is 5. The fraction of sp³-hybridized carbons (Fsp3) is 0.500. The molecule has 1 saturated heterocycles. The van der Waals surface area contributed by atoms with Crippen molar-refractivity contribution in [2.75, 3.05) is 32.8 Å². The van der Waals surface area contributed by atoms with Gasteiger partial charge in [0.1, 0.15) is 10.8 Å². The Kier molecular flexibility index (Phi) is 4.73. The van der Waals surface area contributed by atoms with Gasteiger partial charge in [-0.25, -0.2) is 14.8 Å². The average Bonchev–Trinajstić information content (AvgIpc) is 2.48. The Bertz CT molecular complexity index is 486. The molecule has 0 N–H and O–H groups in total. The van der Waals surface area contributed by atoms with Crippen molar-refractivity contribution >= 4 is 23.6 Å². The van der Waals surface area contributed by atoms with Gasteiger partial charge in [0.15, 0.2) is 0 Å². The van der Waals surface area contributed by atoms with E-state index in [4.69, 9.17) is 16.3 Å². The van der Waals surface area contributed by atoms with Gasteiger partial charge in [-0.1, -0.05) is 11.6 Å². The second-order valence-electron chi connectivity index (χ2n) is 4.20. The van der Waals surface area contributed by atoms with Crippen molar-refractivity contribution in [2.24, 2.45) is 0 Å². The van der Waals surface area contributed by atoms with Gasteiger partial charge in [0.05, 0.1) is 19.0 Å². The Morgan fingerprint density at radius 2 is 1.85 bits per heavy atom. The highest BCUT2D eigenvalue weighted by atomic mass is 35.5. The molecular weight excluding hydrogens is 284 g/mol. The van der Waals surface area contributed by atoms with Crippen molar-refractivity contribution < 1.29 is 14.3 Å². The Labute approximate surface area is 121 Å². The lowest BCUT2D eigenvalue weighted by Gasteiger charge is -2.33. The fourth-order valence-electron chi connectivity index (χ4n) is 1.89. The summed E-state index contributed by atoms with van der Waals surface area (Å²) in [6.45, 7) is 3.90. The lowest BCUT2D eigenvalue weighted by atomic mass is 10.3. The molecule has 2 rings (SSSR count). The standard InChI is InChI=1S/C12H15ClN4O3/c1-2-20-12(19)17-5-3-16(4-6-17)11(18)9-7-15-10(13)8-14-9/h7-8H,2-6H2,1H3. The van der Waals surface area contributed by atoms with Crippen molar-refractivity contribution in [1.29, 1.82) is 0 Å². The van der Waals surface area contributed by atoms with Crippen LogP contribution in [0.1, 0.15) is 17.4 Å². The van der Waals surface area contributed by atoms with E-state index in [0.717, 1.165) is 0 Å². The molecule has 0 aliphatic carbocycles. The number of amides is 2. The summed E-state index contributed by atoms with van der Waals surface area (Å²) in [4.78, 5) is 34.7. The lowest BCUT2D eigenvalue weighted by molar-refractivity contribution is 0.0565. The Hall–Kier alpha value is -1.89. The summed E-state index contributed by atoms with van der Waals surface area (Å²) in [6, 6.07) is 0. The molecule has 1 aliphatic rings. The van der Waals surface area contributed by atoms with Crippen LogP contribution in [0.2, 0.25) is 5.15 Å². The van der Waals surface area contributed by atoms with Crippen LogP contribution in [-0.4, -0.2) is 64.6 Å².